The molecule has 1 aromatic heterocycles. The largest absolute Gasteiger partial charge is 0.481 e. The third-order valence-corrected chi connectivity index (χ3v) is 4.72. The topological polar surface area (TPSA) is 96.4 Å². The predicted molar refractivity (Wildman–Crippen MR) is 74.3 cm³/mol. The third kappa shape index (κ3) is 3.79. The van der Waals surface area contributed by atoms with E-state index in [2.05, 4.69) is 9.71 Å². The molecule has 0 aliphatic rings. The summed E-state index contributed by atoms with van der Waals surface area (Å²) in [6.07, 6.45) is -0.452. The average molecular weight is 321 g/mol. The van der Waals surface area contributed by atoms with Gasteiger partial charge >= 0.3 is 5.97 Å². The highest BCUT2D eigenvalue weighted by Crippen LogP contribution is 2.28. The Hall–Kier alpha value is -1.38. The van der Waals surface area contributed by atoms with Crippen LogP contribution in [0.5, 0.6) is 0 Å². The number of benzene rings is 1. The predicted octanol–water partition coefficient (Wildman–Crippen LogP) is 2.17. The van der Waals surface area contributed by atoms with Crippen molar-refractivity contribution in [2.75, 3.05) is 10.5 Å². The number of hydrogen-bond donors (Lipinski definition) is 2. The number of hydrogen-bond acceptors (Lipinski definition) is 5. The van der Waals surface area contributed by atoms with Gasteiger partial charge in [0.2, 0.25) is 10.0 Å². The summed E-state index contributed by atoms with van der Waals surface area (Å²) >= 11 is 6.96. The smallest absolute Gasteiger partial charge is 0.304 e. The molecule has 0 aliphatic carbocycles. The Bertz CT molecular complexity index is 726. The van der Waals surface area contributed by atoms with Gasteiger partial charge in [-0.1, -0.05) is 22.9 Å². The zero-order valence-electron chi connectivity index (χ0n) is 9.46. The Morgan fingerprint density at radius 1 is 1.47 bits per heavy atom. The molecule has 2 N–H and O–H groups in total. The molecule has 1 aromatic carbocycles. The second-order valence-corrected chi connectivity index (χ2v) is 7.00. The van der Waals surface area contributed by atoms with E-state index < -0.39 is 28.2 Å². The highest BCUT2D eigenvalue weighted by atomic mass is 35.5. The number of aliphatic carboxylic acids is 1. The van der Waals surface area contributed by atoms with E-state index in [-0.39, 0.29) is 5.13 Å². The van der Waals surface area contributed by atoms with Gasteiger partial charge in [-0.15, -0.1) is 0 Å². The fraction of sp³-hybridized carbons (Fsp3) is 0.200. The van der Waals surface area contributed by atoms with Gasteiger partial charge in [-0.25, -0.2) is 13.4 Å². The summed E-state index contributed by atoms with van der Waals surface area (Å²) in [5.74, 6) is -1.65. The molecule has 0 radical (unpaired) electrons. The van der Waals surface area contributed by atoms with Crippen molar-refractivity contribution in [1.29, 1.82) is 0 Å². The van der Waals surface area contributed by atoms with Crippen LogP contribution in [0.3, 0.4) is 0 Å². The Balaban J connectivity index is 2.19. The lowest BCUT2D eigenvalue weighted by Crippen LogP contribution is -2.18. The standard InChI is InChI=1S/C10H9ClN2O4S2/c11-6-1-2-7-8(5-6)18-10(12-7)13-19(16,17)4-3-9(14)15/h1-2,5H,3-4H2,(H,12,13)(H,14,15). The van der Waals surface area contributed by atoms with Crippen LogP contribution >= 0.6 is 22.9 Å². The van der Waals surface area contributed by atoms with Gasteiger partial charge in [0, 0.05) is 5.02 Å². The molecule has 0 saturated heterocycles. The number of rotatable bonds is 5. The molecule has 0 amide bonds. The van der Waals surface area contributed by atoms with Gasteiger partial charge in [-0.3, -0.25) is 9.52 Å². The molecule has 0 unspecified atom stereocenters. The van der Waals surface area contributed by atoms with Crippen LogP contribution in [0.1, 0.15) is 6.42 Å². The summed E-state index contributed by atoms with van der Waals surface area (Å²) < 4.78 is 26.2. The van der Waals surface area contributed by atoms with Crippen LogP contribution in [-0.2, 0) is 14.8 Å². The molecule has 0 spiro atoms. The van der Waals surface area contributed by atoms with Crippen LogP contribution in [0.25, 0.3) is 10.2 Å². The Morgan fingerprint density at radius 2 is 2.21 bits per heavy atom. The Kier molecular flexibility index (Phi) is 3.93. The van der Waals surface area contributed by atoms with Crippen LogP contribution in [0.2, 0.25) is 5.02 Å². The maximum atomic E-state index is 11.6. The number of nitrogens with zero attached hydrogens (tertiary/aromatic N) is 1. The number of fused-ring (bicyclic) bond motifs is 1. The van der Waals surface area contributed by atoms with Crippen LogP contribution in [-0.4, -0.2) is 30.2 Å². The van der Waals surface area contributed by atoms with Gasteiger partial charge in [0.25, 0.3) is 0 Å². The summed E-state index contributed by atoms with van der Waals surface area (Å²) in [7, 11) is -3.70. The lowest BCUT2D eigenvalue weighted by molar-refractivity contribution is -0.136. The Labute approximate surface area is 118 Å². The number of anilines is 1. The van der Waals surface area contributed by atoms with Crippen LogP contribution < -0.4 is 4.72 Å². The number of aromatic nitrogens is 1. The number of nitrogens with one attached hydrogen (secondary N) is 1. The maximum Gasteiger partial charge on any atom is 0.304 e. The highest BCUT2D eigenvalue weighted by Gasteiger charge is 2.15. The molecular formula is C10H9ClN2O4S2. The minimum absolute atomic E-state index is 0.197. The fourth-order valence-corrected chi connectivity index (χ4v) is 3.75. The van der Waals surface area contributed by atoms with Crippen molar-refractivity contribution in [3.05, 3.63) is 23.2 Å². The van der Waals surface area contributed by atoms with Crippen LogP contribution in [0.4, 0.5) is 5.13 Å². The first-order valence-corrected chi connectivity index (χ1v) is 7.99. The first-order valence-electron chi connectivity index (χ1n) is 5.14. The van der Waals surface area contributed by atoms with Gasteiger partial charge in [0.15, 0.2) is 5.13 Å². The second kappa shape index (κ2) is 5.32. The monoisotopic (exact) mass is 320 g/mol. The maximum absolute atomic E-state index is 11.6. The molecule has 0 fully saturated rings. The quantitative estimate of drug-likeness (QED) is 0.880. The molecule has 9 heteroatoms. The molecule has 6 nitrogen and oxygen atoms in total. The van der Waals surface area contributed by atoms with Crippen LogP contribution in [0.15, 0.2) is 18.2 Å². The second-order valence-electron chi connectivity index (χ2n) is 3.70. The van der Waals surface area contributed by atoms with Crippen molar-refractivity contribution < 1.29 is 18.3 Å². The summed E-state index contributed by atoms with van der Waals surface area (Å²) in [5, 5.41) is 9.20. The van der Waals surface area contributed by atoms with E-state index >= 15 is 0 Å². The van der Waals surface area contributed by atoms with Gasteiger partial charge in [0.05, 0.1) is 22.4 Å². The van der Waals surface area contributed by atoms with E-state index in [9.17, 15) is 13.2 Å². The van der Waals surface area contributed by atoms with Crippen molar-refractivity contribution in [2.24, 2.45) is 0 Å². The van der Waals surface area contributed by atoms with Crippen molar-refractivity contribution in [1.82, 2.24) is 4.98 Å². The normalized spacial score (nSPS) is 11.6. The summed E-state index contributed by atoms with van der Waals surface area (Å²) in [4.78, 5) is 14.4. The highest BCUT2D eigenvalue weighted by molar-refractivity contribution is 7.92. The lowest BCUT2D eigenvalue weighted by atomic mass is 10.3. The van der Waals surface area contributed by atoms with Gasteiger partial charge in [-0.05, 0) is 18.2 Å². The zero-order chi connectivity index (χ0) is 14.0. The zero-order valence-corrected chi connectivity index (χ0v) is 11.8. The van der Waals surface area contributed by atoms with E-state index in [0.717, 1.165) is 16.0 Å². The average Bonchev–Trinajstić information content (AvgIpc) is 2.67. The van der Waals surface area contributed by atoms with E-state index in [1.165, 1.54) is 0 Å². The van der Waals surface area contributed by atoms with E-state index in [1.54, 1.807) is 18.2 Å². The third-order valence-electron chi connectivity index (χ3n) is 2.18. The molecule has 102 valence electrons. The first-order chi connectivity index (χ1) is 8.85. The fourth-order valence-electron chi connectivity index (χ4n) is 1.35. The number of halogens is 1. The van der Waals surface area contributed by atoms with E-state index in [1.807, 2.05) is 0 Å². The number of carbonyl (C=O) groups is 1. The van der Waals surface area contributed by atoms with Gasteiger partial charge < -0.3 is 5.11 Å². The number of sulfonamides is 1. The van der Waals surface area contributed by atoms with Crippen molar-refractivity contribution in [3.63, 3.8) is 0 Å². The minimum Gasteiger partial charge on any atom is -0.481 e. The lowest BCUT2D eigenvalue weighted by Gasteiger charge is -2.02. The van der Waals surface area contributed by atoms with E-state index in [0.29, 0.717) is 10.5 Å². The molecular weight excluding hydrogens is 312 g/mol. The van der Waals surface area contributed by atoms with Gasteiger partial charge in [-0.2, -0.15) is 0 Å². The first kappa shape index (κ1) is 14.0. The molecule has 2 rings (SSSR count). The van der Waals surface area contributed by atoms with Crippen molar-refractivity contribution >= 4 is 54.3 Å². The summed E-state index contributed by atoms with van der Waals surface area (Å²) in [6.45, 7) is 0. The van der Waals surface area contributed by atoms with Crippen LogP contribution in [0, 0.1) is 0 Å². The summed E-state index contributed by atoms with van der Waals surface area (Å²) in [5.41, 5.74) is 0.630. The molecule has 1 heterocycles. The van der Waals surface area contributed by atoms with E-state index in [4.69, 9.17) is 16.7 Å². The Morgan fingerprint density at radius 3 is 2.89 bits per heavy atom. The molecule has 2 aromatic rings. The molecule has 0 bridgehead atoms. The molecule has 0 aliphatic heterocycles. The van der Waals surface area contributed by atoms with Crippen molar-refractivity contribution in [2.45, 2.75) is 6.42 Å². The number of carboxylic acid groups (broad SMARTS) is 1. The molecule has 0 atom stereocenters. The number of thiazole rings is 1. The van der Waals surface area contributed by atoms with Crippen molar-refractivity contribution in [3.8, 4) is 0 Å². The SMILES string of the molecule is O=C(O)CCS(=O)(=O)Nc1nc2ccc(Cl)cc2s1. The van der Waals surface area contributed by atoms with Gasteiger partial charge in [0.1, 0.15) is 0 Å². The summed E-state index contributed by atoms with van der Waals surface area (Å²) in [6, 6.07) is 5.03. The minimum atomic E-state index is -3.70. The molecule has 19 heavy (non-hydrogen) atoms. The molecule has 0 saturated carbocycles. The number of carboxylic acids is 1.